The van der Waals surface area contributed by atoms with Crippen molar-refractivity contribution in [3.8, 4) is 11.5 Å². The van der Waals surface area contributed by atoms with Crippen molar-refractivity contribution in [2.45, 2.75) is 13.3 Å². The summed E-state index contributed by atoms with van der Waals surface area (Å²) in [5.41, 5.74) is 6.14. The summed E-state index contributed by atoms with van der Waals surface area (Å²) in [6, 6.07) is 18.5. The molecule has 0 heterocycles. The number of rotatable bonds is 6. The number of nitrogens with one attached hydrogen (secondary N) is 2. The van der Waals surface area contributed by atoms with Crippen LogP contribution in [-0.4, -0.2) is 25.5 Å². The minimum Gasteiger partial charge on any atom is -0.493 e. The Balaban J connectivity index is 1.63. The lowest BCUT2D eigenvalue weighted by atomic mass is 10.0. The lowest BCUT2D eigenvalue weighted by Crippen LogP contribution is -2.42. The third-order valence-corrected chi connectivity index (χ3v) is 4.27. The molecule has 144 valence electrons. The van der Waals surface area contributed by atoms with Crippen LogP contribution in [0.5, 0.6) is 11.5 Å². The zero-order valence-corrected chi connectivity index (χ0v) is 15.8. The summed E-state index contributed by atoms with van der Waals surface area (Å²) in [4.78, 5) is 24.6. The molecule has 2 N–H and O–H groups in total. The zero-order chi connectivity index (χ0) is 19.9. The second-order valence-corrected chi connectivity index (χ2v) is 6.12. The van der Waals surface area contributed by atoms with Crippen molar-refractivity contribution in [1.82, 2.24) is 10.9 Å². The first-order valence-electron chi connectivity index (χ1n) is 8.99. The van der Waals surface area contributed by atoms with Gasteiger partial charge in [0.1, 0.15) is 0 Å². The number of ether oxygens (including phenoxy) is 2. The number of carbonyl (C=O) groups is 2. The second-order valence-electron chi connectivity index (χ2n) is 6.12. The van der Waals surface area contributed by atoms with Gasteiger partial charge in [-0.3, -0.25) is 20.4 Å². The molecule has 3 aromatic rings. The maximum atomic E-state index is 12.3. The quantitative estimate of drug-likeness (QED) is 0.646. The molecule has 0 bridgehead atoms. The minimum atomic E-state index is -0.437. The zero-order valence-electron chi connectivity index (χ0n) is 15.8. The molecule has 0 aliphatic rings. The SMILES string of the molecule is CCOc1ccc(C(=O)NNC(=O)Cc2cccc3ccccc23)cc1OC. The molecule has 0 aliphatic heterocycles. The van der Waals surface area contributed by atoms with Gasteiger partial charge in [0.15, 0.2) is 11.5 Å². The van der Waals surface area contributed by atoms with E-state index in [1.165, 1.54) is 7.11 Å². The maximum absolute atomic E-state index is 12.3. The van der Waals surface area contributed by atoms with Crippen LogP contribution < -0.4 is 20.3 Å². The van der Waals surface area contributed by atoms with Crippen molar-refractivity contribution in [2.75, 3.05) is 13.7 Å². The van der Waals surface area contributed by atoms with Crippen molar-refractivity contribution < 1.29 is 19.1 Å². The fraction of sp³-hybridized carbons (Fsp3) is 0.182. The summed E-state index contributed by atoms with van der Waals surface area (Å²) in [7, 11) is 1.51. The van der Waals surface area contributed by atoms with Gasteiger partial charge in [-0.05, 0) is 41.5 Å². The van der Waals surface area contributed by atoms with Crippen molar-refractivity contribution >= 4 is 22.6 Å². The molecule has 0 fully saturated rings. The first kappa shape index (κ1) is 19.2. The smallest absolute Gasteiger partial charge is 0.269 e. The van der Waals surface area contributed by atoms with Crippen LogP contribution in [0.25, 0.3) is 10.8 Å². The number of carbonyl (C=O) groups excluding carboxylic acids is 2. The highest BCUT2D eigenvalue weighted by molar-refractivity contribution is 5.96. The number of hydrazine groups is 1. The van der Waals surface area contributed by atoms with Gasteiger partial charge in [0.25, 0.3) is 5.91 Å². The lowest BCUT2D eigenvalue weighted by Gasteiger charge is -2.12. The normalized spacial score (nSPS) is 10.4. The summed E-state index contributed by atoms with van der Waals surface area (Å²) in [5.74, 6) is 0.272. The maximum Gasteiger partial charge on any atom is 0.269 e. The van der Waals surface area contributed by atoms with E-state index in [1.807, 2.05) is 49.4 Å². The van der Waals surface area contributed by atoms with Crippen LogP contribution in [0.15, 0.2) is 60.7 Å². The Kier molecular flexibility index (Phi) is 6.11. The third kappa shape index (κ3) is 4.40. The van der Waals surface area contributed by atoms with E-state index < -0.39 is 5.91 Å². The Bertz CT molecular complexity index is 995. The lowest BCUT2D eigenvalue weighted by molar-refractivity contribution is -0.121. The highest BCUT2D eigenvalue weighted by atomic mass is 16.5. The Morgan fingerprint density at radius 1 is 0.929 bits per heavy atom. The molecule has 0 radical (unpaired) electrons. The van der Waals surface area contributed by atoms with Gasteiger partial charge in [0.05, 0.1) is 20.1 Å². The number of amides is 2. The molecule has 6 nitrogen and oxygen atoms in total. The van der Waals surface area contributed by atoms with E-state index in [-0.39, 0.29) is 12.3 Å². The predicted octanol–water partition coefficient (Wildman–Crippen LogP) is 3.25. The fourth-order valence-corrected chi connectivity index (χ4v) is 2.95. The molecule has 0 atom stereocenters. The van der Waals surface area contributed by atoms with E-state index in [0.717, 1.165) is 16.3 Å². The monoisotopic (exact) mass is 378 g/mol. The Labute approximate surface area is 163 Å². The number of fused-ring (bicyclic) bond motifs is 1. The molecule has 28 heavy (non-hydrogen) atoms. The highest BCUT2D eigenvalue weighted by Gasteiger charge is 2.13. The molecule has 3 rings (SSSR count). The Morgan fingerprint density at radius 2 is 1.71 bits per heavy atom. The average molecular weight is 378 g/mol. The van der Waals surface area contributed by atoms with Crippen LogP contribution in [0.3, 0.4) is 0 Å². The summed E-state index contributed by atoms with van der Waals surface area (Å²) in [6.07, 6.45) is 0.161. The van der Waals surface area contributed by atoms with Crippen LogP contribution in [0.2, 0.25) is 0 Å². The van der Waals surface area contributed by atoms with Gasteiger partial charge in [-0.25, -0.2) is 0 Å². The minimum absolute atomic E-state index is 0.161. The number of benzene rings is 3. The molecule has 0 saturated heterocycles. The van der Waals surface area contributed by atoms with E-state index in [1.54, 1.807) is 18.2 Å². The summed E-state index contributed by atoms with van der Waals surface area (Å²) in [6.45, 7) is 2.36. The van der Waals surface area contributed by atoms with Gasteiger partial charge in [-0.2, -0.15) is 0 Å². The van der Waals surface area contributed by atoms with E-state index in [0.29, 0.717) is 23.7 Å². The Hall–Kier alpha value is -3.54. The fourth-order valence-electron chi connectivity index (χ4n) is 2.95. The van der Waals surface area contributed by atoms with Crippen LogP contribution in [-0.2, 0) is 11.2 Å². The molecule has 0 aliphatic carbocycles. The van der Waals surface area contributed by atoms with Crippen molar-refractivity contribution in [2.24, 2.45) is 0 Å². The molecule has 0 saturated carbocycles. The standard InChI is InChI=1S/C22H22N2O4/c1-3-28-19-12-11-17(13-20(19)27-2)22(26)24-23-21(25)14-16-9-6-8-15-7-4-5-10-18(15)16/h4-13H,3,14H2,1-2H3,(H,23,25)(H,24,26). The molecule has 0 spiro atoms. The number of hydrogen-bond donors (Lipinski definition) is 2. The van der Waals surface area contributed by atoms with Gasteiger partial charge in [0, 0.05) is 5.56 Å². The predicted molar refractivity (Wildman–Crippen MR) is 107 cm³/mol. The molecule has 6 heteroatoms. The Morgan fingerprint density at radius 3 is 2.50 bits per heavy atom. The second kappa shape index (κ2) is 8.90. The van der Waals surface area contributed by atoms with Gasteiger partial charge in [-0.1, -0.05) is 42.5 Å². The summed E-state index contributed by atoms with van der Waals surface area (Å²) >= 11 is 0. The van der Waals surface area contributed by atoms with Crippen LogP contribution in [0.1, 0.15) is 22.8 Å². The summed E-state index contributed by atoms with van der Waals surface area (Å²) < 4.78 is 10.7. The van der Waals surface area contributed by atoms with Gasteiger partial charge in [0.2, 0.25) is 5.91 Å². The molecular weight excluding hydrogens is 356 g/mol. The van der Waals surface area contributed by atoms with E-state index in [4.69, 9.17) is 9.47 Å². The van der Waals surface area contributed by atoms with Crippen LogP contribution >= 0.6 is 0 Å². The molecule has 2 amide bonds. The third-order valence-electron chi connectivity index (χ3n) is 4.27. The topological polar surface area (TPSA) is 76.7 Å². The van der Waals surface area contributed by atoms with Crippen molar-refractivity contribution in [3.05, 3.63) is 71.8 Å². The van der Waals surface area contributed by atoms with E-state index >= 15 is 0 Å². The first-order valence-corrected chi connectivity index (χ1v) is 8.99. The first-order chi connectivity index (χ1) is 13.6. The van der Waals surface area contributed by atoms with Crippen LogP contribution in [0, 0.1) is 0 Å². The van der Waals surface area contributed by atoms with Gasteiger partial charge >= 0.3 is 0 Å². The van der Waals surface area contributed by atoms with E-state index in [2.05, 4.69) is 10.9 Å². The number of hydrogen-bond acceptors (Lipinski definition) is 4. The van der Waals surface area contributed by atoms with Crippen molar-refractivity contribution in [1.29, 1.82) is 0 Å². The van der Waals surface area contributed by atoms with Crippen LogP contribution in [0.4, 0.5) is 0 Å². The summed E-state index contributed by atoms with van der Waals surface area (Å²) in [5, 5.41) is 2.08. The molecule has 3 aromatic carbocycles. The number of methoxy groups -OCH3 is 1. The van der Waals surface area contributed by atoms with Gasteiger partial charge < -0.3 is 9.47 Å². The van der Waals surface area contributed by atoms with E-state index in [9.17, 15) is 9.59 Å². The molecule has 0 aromatic heterocycles. The molecular formula is C22H22N2O4. The largest absolute Gasteiger partial charge is 0.493 e. The van der Waals surface area contributed by atoms with Crippen molar-refractivity contribution in [3.63, 3.8) is 0 Å². The average Bonchev–Trinajstić information content (AvgIpc) is 2.73. The molecule has 0 unspecified atom stereocenters. The van der Waals surface area contributed by atoms with Gasteiger partial charge in [-0.15, -0.1) is 0 Å². The highest BCUT2D eigenvalue weighted by Crippen LogP contribution is 2.28.